The Morgan fingerprint density at radius 1 is 1.07 bits per heavy atom. The molecule has 1 N–H and O–H groups in total. The standard InChI is InChI=1S/C21H19BrN2O4/c1-4-10-24-20(25)18(13-8-9-16(27-2)17(11-13)28-3)19(21(24)26)23-15-7-5-6-14(22)12-15/h4-9,11-12,23H,1,10H2,2-3H3. The zero-order valence-corrected chi connectivity index (χ0v) is 17.1. The maximum absolute atomic E-state index is 13.0. The Morgan fingerprint density at radius 3 is 2.46 bits per heavy atom. The second-order valence-corrected chi connectivity index (χ2v) is 6.88. The largest absolute Gasteiger partial charge is 0.493 e. The number of amides is 2. The van der Waals surface area contributed by atoms with Crippen molar-refractivity contribution >= 4 is 39.0 Å². The zero-order chi connectivity index (χ0) is 20.3. The Kier molecular flexibility index (Phi) is 5.84. The van der Waals surface area contributed by atoms with Crippen molar-refractivity contribution < 1.29 is 19.1 Å². The van der Waals surface area contributed by atoms with Gasteiger partial charge in [-0.1, -0.05) is 34.1 Å². The maximum Gasteiger partial charge on any atom is 0.278 e. The first kappa shape index (κ1) is 19.7. The molecule has 0 aliphatic carbocycles. The number of rotatable bonds is 7. The van der Waals surface area contributed by atoms with E-state index in [-0.39, 0.29) is 17.8 Å². The van der Waals surface area contributed by atoms with E-state index in [0.29, 0.717) is 22.7 Å². The average molecular weight is 443 g/mol. The molecule has 1 aliphatic rings. The number of anilines is 1. The number of benzene rings is 2. The third-order valence-corrected chi connectivity index (χ3v) is 4.74. The lowest BCUT2D eigenvalue weighted by atomic mass is 10.0. The number of ether oxygens (including phenoxy) is 2. The van der Waals surface area contributed by atoms with Gasteiger partial charge in [0.1, 0.15) is 5.70 Å². The first-order chi connectivity index (χ1) is 13.5. The predicted octanol–water partition coefficient (Wildman–Crippen LogP) is 3.84. The van der Waals surface area contributed by atoms with Crippen LogP contribution in [0.3, 0.4) is 0 Å². The van der Waals surface area contributed by atoms with E-state index in [0.717, 1.165) is 9.37 Å². The van der Waals surface area contributed by atoms with Crippen molar-refractivity contribution in [1.29, 1.82) is 0 Å². The Labute approximate surface area is 171 Å². The minimum absolute atomic E-state index is 0.123. The number of halogens is 1. The summed E-state index contributed by atoms with van der Waals surface area (Å²) in [7, 11) is 3.05. The fourth-order valence-electron chi connectivity index (χ4n) is 2.96. The highest BCUT2D eigenvalue weighted by Crippen LogP contribution is 2.35. The highest BCUT2D eigenvalue weighted by molar-refractivity contribution is 9.10. The molecule has 1 aliphatic heterocycles. The van der Waals surface area contributed by atoms with Gasteiger partial charge < -0.3 is 14.8 Å². The van der Waals surface area contributed by atoms with Gasteiger partial charge in [-0.2, -0.15) is 0 Å². The highest BCUT2D eigenvalue weighted by Gasteiger charge is 2.38. The molecular formula is C21H19BrN2O4. The summed E-state index contributed by atoms with van der Waals surface area (Å²) >= 11 is 3.41. The Morgan fingerprint density at radius 2 is 1.82 bits per heavy atom. The molecule has 2 aromatic rings. The molecule has 0 saturated heterocycles. The van der Waals surface area contributed by atoms with E-state index >= 15 is 0 Å². The number of methoxy groups -OCH3 is 2. The van der Waals surface area contributed by atoms with Gasteiger partial charge in [0.2, 0.25) is 0 Å². The minimum Gasteiger partial charge on any atom is -0.493 e. The van der Waals surface area contributed by atoms with Gasteiger partial charge in [-0.05, 0) is 35.9 Å². The molecule has 0 atom stereocenters. The van der Waals surface area contributed by atoms with Crippen LogP contribution in [0.2, 0.25) is 0 Å². The maximum atomic E-state index is 13.0. The number of nitrogens with one attached hydrogen (secondary N) is 1. The zero-order valence-electron chi connectivity index (χ0n) is 15.5. The molecule has 0 fully saturated rings. The van der Waals surface area contributed by atoms with Crippen LogP contribution in [-0.4, -0.2) is 37.5 Å². The lowest BCUT2D eigenvalue weighted by Gasteiger charge is -2.12. The molecule has 0 spiro atoms. The van der Waals surface area contributed by atoms with E-state index in [4.69, 9.17) is 9.47 Å². The second kappa shape index (κ2) is 8.31. The first-order valence-electron chi connectivity index (χ1n) is 8.46. The summed E-state index contributed by atoms with van der Waals surface area (Å²) in [5.41, 5.74) is 1.72. The van der Waals surface area contributed by atoms with Crippen LogP contribution in [0.25, 0.3) is 5.57 Å². The summed E-state index contributed by atoms with van der Waals surface area (Å²) in [6.45, 7) is 3.76. The Bertz CT molecular complexity index is 984. The average Bonchev–Trinajstić information content (AvgIpc) is 2.92. The van der Waals surface area contributed by atoms with Gasteiger partial charge in [-0.3, -0.25) is 14.5 Å². The van der Waals surface area contributed by atoms with Crippen molar-refractivity contribution in [2.24, 2.45) is 0 Å². The Balaban J connectivity index is 2.12. The molecule has 28 heavy (non-hydrogen) atoms. The molecule has 7 heteroatoms. The quantitative estimate of drug-likeness (QED) is 0.520. The highest BCUT2D eigenvalue weighted by atomic mass is 79.9. The lowest BCUT2D eigenvalue weighted by molar-refractivity contribution is -0.136. The number of carbonyl (C=O) groups is 2. The van der Waals surface area contributed by atoms with Gasteiger partial charge in [0, 0.05) is 16.7 Å². The van der Waals surface area contributed by atoms with Crippen LogP contribution in [0.1, 0.15) is 5.56 Å². The molecule has 0 aromatic heterocycles. The monoisotopic (exact) mass is 442 g/mol. The summed E-state index contributed by atoms with van der Waals surface area (Å²) in [4.78, 5) is 27.1. The van der Waals surface area contributed by atoms with Gasteiger partial charge in [-0.15, -0.1) is 6.58 Å². The van der Waals surface area contributed by atoms with E-state index in [1.54, 1.807) is 18.2 Å². The Hall–Kier alpha value is -3.06. The molecule has 1 heterocycles. The molecule has 3 rings (SSSR count). The van der Waals surface area contributed by atoms with Crippen molar-refractivity contribution in [3.63, 3.8) is 0 Å². The molecule has 0 bridgehead atoms. The number of hydrogen-bond donors (Lipinski definition) is 1. The van der Waals surface area contributed by atoms with E-state index in [2.05, 4.69) is 27.8 Å². The molecule has 2 aromatic carbocycles. The van der Waals surface area contributed by atoms with Crippen molar-refractivity contribution in [3.8, 4) is 11.5 Å². The molecule has 6 nitrogen and oxygen atoms in total. The van der Waals surface area contributed by atoms with Crippen LogP contribution >= 0.6 is 15.9 Å². The number of imide groups is 1. The summed E-state index contributed by atoms with van der Waals surface area (Å²) in [6.07, 6.45) is 1.52. The van der Waals surface area contributed by atoms with Gasteiger partial charge in [0.15, 0.2) is 11.5 Å². The van der Waals surface area contributed by atoms with Crippen molar-refractivity contribution in [2.75, 3.05) is 26.1 Å². The fourth-order valence-corrected chi connectivity index (χ4v) is 3.36. The van der Waals surface area contributed by atoms with E-state index in [9.17, 15) is 9.59 Å². The van der Waals surface area contributed by atoms with E-state index < -0.39 is 11.8 Å². The molecule has 0 unspecified atom stereocenters. The summed E-state index contributed by atoms with van der Waals surface area (Å²) < 4.78 is 11.5. The van der Waals surface area contributed by atoms with Crippen LogP contribution in [-0.2, 0) is 9.59 Å². The lowest BCUT2D eigenvalue weighted by Crippen LogP contribution is -2.32. The van der Waals surface area contributed by atoms with Crippen molar-refractivity contribution in [1.82, 2.24) is 4.90 Å². The fraction of sp³-hybridized carbons (Fsp3) is 0.143. The van der Waals surface area contributed by atoms with Crippen LogP contribution in [0.15, 0.2) is 65.3 Å². The SMILES string of the molecule is C=CCN1C(=O)C(Nc2cccc(Br)c2)=C(c2ccc(OC)c(OC)c2)C1=O. The van der Waals surface area contributed by atoms with Crippen LogP contribution in [0.5, 0.6) is 11.5 Å². The van der Waals surface area contributed by atoms with Crippen LogP contribution < -0.4 is 14.8 Å². The van der Waals surface area contributed by atoms with Gasteiger partial charge in [0.25, 0.3) is 11.8 Å². The molecule has 144 valence electrons. The molecule has 0 radical (unpaired) electrons. The normalized spacial score (nSPS) is 13.8. The summed E-state index contributed by atoms with van der Waals surface area (Å²) in [6, 6.07) is 12.5. The minimum atomic E-state index is -0.408. The van der Waals surface area contributed by atoms with Crippen LogP contribution in [0.4, 0.5) is 5.69 Å². The third kappa shape index (κ3) is 3.66. The van der Waals surface area contributed by atoms with Crippen LogP contribution in [0, 0.1) is 0 Å². The number of carbonyl (C=O) groups excluding carboxylic acids is 2. The predicted molar refractivity (Wildman–Crippen MR) is 111 cm³/mol. The van der Waals surface area contributed by atoms with E-state index in [1.165, 1.54) is 20.3 Å². The molecule has 2 amide bonds. The second-order valence-electron chi connectivity index (χ2n) is 5.96. The molecular weight excluding hydrogens is 424 g/mol. The van der Waals surface area contributed by atoms with Gasteiger partial charge in [0.05, 0.1) is 19.8 Å². The third-order valence-electron chi connectivity index (χ3n) is 4.25. The van der Waals surface area contributed by atoms with E-state index in [1.807, 2.05) is 24.3 Å². The number of nitrogens with zero attached hydrogens (tertiary/aromatic N) is 1. The van der Waals surface area contributed by atoms with Crippen molar-refractivity contribution in [3.05, 3.63) is 70.9 Å². The van der Waals surface area contributed by atoms with Gasteiger partial charge >= 0.3 is 0 Å². The smallest absolute Gasteiger partial charge is 0.278 e. The van der Waals surface area contributed by atoms with Crippen molar-refractivity contribution in [2.45, 2.75) is 0 Å². The van der Waals surface area contributed by atoms with Gasteiger partial charge in [-0.25, -0.2) is 0 Å². The summed E-state index contributed by atoms with van der Waals surface area (Å²) in [5.74, 6) is 0.203. The summed E-state index contributed by atoms with van der Waals surface area (Å²) in [5, 5.41) is 3.10. The molecule has 0 saturated carbocycles. The first-order valence-corrected chi connectivity index (χ1v) is 9.25. The number of hydrogen-bond acceptors (Lipinski definition) is 5. The topological polar surface area (TPSA) is 67.9 Å².